The Hall–Kier alpha value is -2.67. The van der Waals surface area contributed by atoms with Crippen molar-refractivity contribution in [3.63, 3.8) is 0 Å². The van der Waals surface area contributed by atoms with Crippen LogP contribution in [-0.2, 0) is 11.3 Å². The predicted octanol–water partition coefficient (Wildman–Crippen LogP) is 2.68. The van der Waals surface area contributed by atoms with Crippen LogP contribution in [0.5, 0.6) is 0 Å². The average molecular weight is 340 g/mol. The number of aromatic nitrogens is 3. The van der Waals surface area contributed by atoms with Crippen LogP contribution in [-0.4, -0.2) is 45.1 Å². The van der Waals surface area contributed by atoms with Gasteiger partial charge in [-0.1, -0.05) is 11.2 Å². The van der Waals surface area contributed by atoms with Crippen LogP contribution >= 0.6 is 0 Å². The fourth-order valence-electron chi connectivity index (χ4n) is 3.21. The molecule has 4 rings (SSSR count). The average Bonchev–Trinajstić information content (AvgIpc) is 3.27. The van der Waals surface area contributed by atoms with Crippen molar-refractivity contribution in [2.24, 2.45) is 0 Å². The Morgan fingerprint density at radius 2 is 2.36 bits per heavy atom. The van der Waals surface area contributed by atoms with E-state index in [9.17, 15) is 4.79 Å². The molecular formula is C18H20N4O3. The van der Waals surface area contributed by atoms with Crippen LogP contribution in [0.15, 0.2) is 35.0 Å². The van der Waals surface area contributed by atoms with E-state index in [0.717, 1.165) is 30.3 Å². The fourth-order valence-corrected chi connectivity index (χ4v) is 3.21. The zero-order valence-electron chi connectivity index (χ0n) is 14.1. The van der Waals surface area contributed by atoms with Crippen LogP contribution in [0.1, 0.15) is 34.9 Å². The number of piperidine rings is 1. The number of nitrogens with zero attached hydrogens (tertiary/aromatic N) is 3. The van der Waals surface area contributed by atoms with Gasteiger partial charge in [0.05, 0.1) is 6.10 Å². The van der Waals surface area contributed by atoms with E-state index in [2.05, 4.69) is 15.1 Å². The maximum atomic E-state index is 12.8. The molecule has 1 N–H and O–H groups in total. The second-order valence-corrected chi connectivity index (χ2v) is 6.34. The number of ether oxygens (including phenoxy) is 1. The van der Waals surface area contributed by atoms with Gasteiger partial charge in [-0.3, -0.25) is 4.79 Å². The van der Waals surface area contributed by atoms with Crippen molar-refractivity contribution >= 4 is 16.8 Å². The van der Waals surface area contributed by atoms with Gasteiger partial charge in [0, 0.05) is 30.4 Å². The SMILES string of the molecule is Cc1noc(CO[C@H]2CCCN(C(=O)c3ccc4cc[nH]c4c3)C2)n1. The number of fused-ring (bicyclic) bond motifs is 1. The summed E-state index contributed by atoms with van der Waals surface area (Å²) in [6.45, 7) is 3.38. The Balaban J connectivity index is 1.40. The summed E-state index contributed by atoms with van der Waals surface area (Å²) >= 11 is 0. The van der Waals surface area contributed by atoms with E-state index < -0.39 is 0 Å². The molecule has 1 aliphatic heterocycles. The number of rotatable bonds is 4. The Morgan fingerprint density at radius 3 is 3.20 bits per heavy atom. The number of likely N-dealkylation sites (tertiary alicyclic amines) is 1. The van der Waals surface area contributed by atoms with Gasteiger partial charge in [0.1, 0.15) is 6.61 Å². The number of benzene rings is 1. The monoisotopic (exact) mass is 340 g/mol. The van der Waals surface area contributed by atoms with Crippen LogP contribution in [0.3, 0.4) is 0 Å². The number of hydrogen-bond acceptors (Lipinski definition) is 5. The topological polar surface area (TPSA) is 84.3 Å². The zero-order chi connectivity index (χ0) is 17.2. The van der Waals surface area contributed by atoms with E-state index >= 15 is 0 Å². The van der Waals surface area contributed by atoms with Crippen molar-refractivity contribution in [1.82, 2.24) is 20.0 Å². The molecule has 2 aromatic heterocycles. The maximum absolute atomic E-state index is 12.8. The number of amides is 1. The molecule has 25 heavy (non-hydrogen) atoms. The molecule has 1 fully saturated rings. The molecular weight excluding hydrogens is 320 g/mol. The summed E-state index contributed by atoms with van der Waals surface area (Å²) in [5, 5.41) is 4.85. The van der Waals surface area contributed by atoms with Crippen molar-refractivity contribution in [2.75, 3.05) is 13.1 Å². The lowest BCUT2D eigenvalue weighted by atomic mass is 10.1. The van der Waals surface area contributed by atoms with Crippen molar-refractivity contribution < 1.29 is 14.1 Å². The van der Waals surface area contributed by atoms with Gasteiger partial charge < -0.3 is 19.1 Å². The molecule has 1 aliphatic rings. The predicted molar refractivity (Wildman–Crippen MR) is 91.0 cm³/mol. The van der Waals surface area contributed by atoms with Crippen LogP contribution in [0.4, 0.5) is 0 Å². The minimum absolute atomic E-state index is 0.0147. The molecule has 1 aromatic carbocycles. The molecule has 0 saturated carbocycles. The van der Waals surface area contributed by atoms with Gasteiger partial charge in [-0.2, -0.15) is 4.98 Å². The first kappa shape index (κ1) is 15.8. The summed E-state index contributed by atoms with van der Waals surface area (Å²) in [5.41, 5.74) is 1.67. The third kappa shape index (κ3) is 3.41. The Morgan fingerprint density at radius 1 is 1.44 bits per heavy atom. The number of aryl methyl sites for hydroxylation is 1. The van der Waals surface area contributed by atoms with Gasteiger partial charge in [-0.05, 0) is 43.4 Å². The highest BCUT2D eigenvalue weighted by Gasteiger charge is 2.25. The van der Waals surface area contributed by atoms with Crippen molar-refractivity contribution in [2.45, 2.75) is 32.5 Å². The summed E-state index contributed by atoms with van der Waals surface area (Å²) in [6, 6.07) is 7.75. The van der Waals surface area contributed by atoms with E-state index in [1.165, 1.54) is 0 Å². The molecule has 3 heterocycles. The molecule has 7 heteroatoms. The first-order valence-corrected chi connectivity index (χ1v) is 8.46. The molecule has 1 atom stereocenters. The summed E-state index contributed by atoms with van der Waals surface area (Å²) in [7, 11) is 0. The minimum atomic E-state index is -0.0147. The van der Waals surface area contributed by atoms with Crippen LogP contribution in [0.25, 0.3) is 10.9 Å². The van der Waals surface area contributed by atoms with Crippen molar-refractivity contribution in [3.05, 3.63) is 47.7 Å². The molecule has 1 amide bonds. The number of carbonyl (C=O) groups is 1. The quantitative estimate of drug-likeness (QED) is 0.789. The molecule has 1 saturated heterocycles. The number of nitrogens with one attached hydrogen (secondary N) is 1. The number of aromatic amines is 1. The van der Waals surface area contributed by atoms with Gasteiger partial charge in [0.25, 0.3) is 11.8 Å². The van der Waals surface area contributed by atoms with Crippen molar-refractivity contribution in [1.29, 1.82) is 0 Å². The Kier molecular flexibility index (Phi) is 4.23. The second-order valence-electron chi connectivity index (χ2n) is 6.34. The number of carbonyl (C=O) groups excluding carboxylic acids is 1. The summed E-state index contributed by atoms with van der Waals surface area (Å²) in [5.74, 6) is 1.11. The van der Waals surface area contributed by atoms with Crippen LogP contribution < -0.4 is 0 Å². The summed E-state index contributed by atoms with van der Waals surface area (Å²) < 4.78 is 10.9. The standard InChI is InChI=1S/C18H20N4O3/c1-12-20-17(25-21-12)11-24-15-3-2-8-22(10-15)18(23)14-5-4-13-6-7-19-16(13)9-14/h4-7,9,15,19H,2-3,8,10-11H2,1H3/t15-/m0/s1. The Bertz CT molecular complexity index is 885. The molecule has 0 bridgehead atoms. The highest BCUT2D eigenvalue weighted by molar-refractivity contribution is 5.98. The molecule has 7 nitrogen and oxygen atoms in total. The molecule has 0 radical (unpaired) electrons. The zero-order valence-corrected chi connectivity index (χ0v) is 14.1. The molecule has 0 aliphatic carbocycles. The van der Waals surface area contributed by atoms with Crippen LogP contribution in [0, 0.1) is 6.92 Å². The van der Waals surface area contributed by atoms with E-state index in [1.54, 1.807) is 6.92 Å². The number of hydrogen-bond donors (Lipinski definition) is 1. The smallest absolute Gasteiger partial charge is 0.254 e. The van der Waals surface area contributed by atoms with Gasteiger partial charge in [-0.15, -0.1) is 0 Å². The van der Waals surface area contributed by atoms with E-state index in [0.29, 0.717) is 23.8 Å². The maximum Gasteiger partial charge on any atom is 0.254 e. The lowest BCUT2D eigenvalue weighted by molar-refractivity contribution is -0.0153. The highest BCUT2D eigenvalue weighted by atomic mass is 16.5. The van der Waals surface area contributed by atoms with E-state index in [1.807, 2.05) is 35.4 Å². The third-order valence-electron chi connectivity index (χ3n) is 4.48. The van der Waals surface area contributed by atoms with E-state index in [-0.39, 0.29) is 18.6 Å². The second kappa shape index (κ2) is 6.68. The third-order valence-corrected chi connectivity index (χ3v) is 4.48. The minimum Gasteiger partial charge on any atom is -0.367 e. The lowest BCUT2D eigenvalue weighted by Crippen LogP contribution is -2.43. The van der Waals surface area contributed by atoms with Crippen molar-refractivity contribution in [3.8, 4) is 0 Å². The van der Waals surface area contributed by atoms with Gasteiger partial charge in [0.15, 0.2) is 5.82 Å². The molecule has 0 spiro atoms. The summed E-state index contributed by atoms with van der Waals surface area (Å²) in [6.07, 6.45) is 3.71. The van der Waals surface area contributed by atoms with Gasteiger partial charge in [0.2, 0.25) is 0 Å². The first-order valence-electron chi connectivity index (χ1n) is 8.46. The molecule has 0 unspecified atom stereocenters. The largest absolute Gasteiger partial charge is 0.367 e. The van der Waals surface area contributed by atoms with Crippen LogP contribution in [0.2, 0.25) is 0 Å². The fraction of sp³-hybridized carbons (Fsp3) is 0.389. The molecule has 130 valence electrons. The lowest BCUT2D eigenvalue weighted by Gasteiger charge is -2.32. The van der Waals surface area contributed by atoms with Gasteiger partial charge in [-0.25, -0.2) is 0 Å². The first-order chi connectivity index (χ1) is 12.2. The number of H-pyrrole nitrogens is 1. The Labute approximate surface area is 145 Å². The summed E-state index contributed by atoms with van der Waals surface area (Å²) in [4.78, 5) is 21.9. The van der Waals surface area contributed by atoms with E-state index in [4.69, 9.17) is 9.26 Å². The highest BCUT2D eigenvalue weighted by Crippen LogP contribution is 2.20. The molecule has 3 aromatic rings. The normalized spacial score (nSPS) is 18.0. The van der Waals surface area contributed by atoms with Gasteiger partial charge >= 0.3 is 0 Å².